The number of nitrogens with one attached hydrogen (secondary N) is 1. The zero-order chi connectivity index (χ0) is 20.1. The van der Waals surface area contributed by atoms with Crippen LogP contribution in [0.25, 0.3) is 0 Å². The summed E-state index contributed by atoms with van der Waals surface area (Å²) in [5.74, 6) is -1.17. The van der Waals surface area contributed by atoms with Crippen LogP contribution in [0.5, 0.6) is 0 Å². The van der Waals surface area contributed by atoms with E-state index < -0.39 is 21.4 Å². The Morgan fingerprint density at radius 3 is 2.11 bits per heavy atom. The normalized spacial score (nSPS) is 11.7. The first-order valence-corrected chi connectivity index (χ1v) is 10.1. The standard InChI is InChI=1S/C20H23NO5S/c1-20(2,3)26-18(22)13-14-27(24,25)17-11-9-16(10-12-17)21-19(23)15-7-5-4-6-8-15/h4-12H,13-14H2,1-3H3,(H,21,23). The zero-order valence-corrected chi connectivity index (χ0v) is 16.4. The van der Waals surface area contributed by atoms with Crippen LogP contribution in [0, 0.1) is 0 Å². The Morgan fingerprint density at radius 2 is 1.56 bits per heavy atom. The van der Waals surface area contributed by atoms with Gasteiger partial charge < -0.3 is 10.1 Å². The molecular weight excluding hydrogens is 366 g/mol. The summed E-state index contributed by atoms with van der Waals surface area (Å²) in [5, 5.41) is 2.70. The number of benzene rings is 2. The number of hydrogen-bond donors (Lipinski definition) is 1. The lowest BCUT2D eigenvalue weighted by Crippen LogP contribution is -2.25. The van der Waals surface area contributed by atoms with Gasteiger partial charge in [-0.25, -0.2) is 8.42 Å². The van der Waals surface area contributed by atoms with Crippen LogP contribution in [0.3, 0.4) is 0 Å². The molecular formula is C20H23NO5S. The highest BCUT2D eigenvalue weighted by atomic mass is 32.2. The molecule has 2 aromatic carbocycles. The van der Waals surface area contributed by atoms with Crippen molar-refractivity contribution in [2.45, 2.75) is 37.7 Å². The van der Waals surface area contributed by atoms with Gasteiger partial charge in [-0.1, -0.05) is 18.2 Å². The molecule has 27 heavy (non-hydrogen) atoms. The van der Waals surface area contributed by atoms with Crippen LogP contribution in [-0.4, -0.2) is 31.6 Å². The van der Waals surface area contributed by atoms with E-state index in [1.54, 1.807) is 45.0 Å². The van der Waals surface area contributed by atoms with Gasteiger partial charge in [-0.3, -0.25) is 9.59 Å². The largest absolute Gasteiger partial charge is 0.460 e. The van der Waals surface area contributed by atoms with E-state index in [0.29, 0.717) is 11.3 Å². The number of carbonyl (C=O) groups is 2. The third-order valence-electron chi connectivity index (χ3n) is 3.50. The maximum Gasteiger partial charge on any atom is 0.307 e. The Morgan fingerprint density at radius 1 is 0.963 bits per heavy atom. The molecule has 0 spiro atoms. The molecule has 0 aliphatic heterocycles. The van der Waals surface area contributed by atoms with Crippen molar-refractivity contribution in [1.82, 2.24) is 0 Å². The molecule has 2 rings (SSSR count). The number of rotatable bonds is 6. The Bertz CT molecular complexity index is 898. The van der Waals surface area contributed by atoms with E-state index in [2.05, 4.69) is 5.32 Å². The summed E-state index contributed by atoms with van der Waals surface area (Å²) in [7, 11) is -3.62. The van der Waals surface area contributed by atoms with E-state index in [4.69, 9.17) is 4.74 Å². The quantitative estimate of drug-likeness (QED) is 0.765. The van der Waals surface area contributed by atoms with Crippen molar-refractivity contribution in [3.8, 4) is 0 Å². The van der Waals surface area contributed by atoms with Gasteiger partial charge in [0, 0.05) is 11.3 Å². The number of hydrogen-bond acceptors (Lipinski definition) is 5. The highest BCUT2D eigenvalue weighted by Crippen LogP contribution is 2.18. The van der Waals surface area contributed by atoms with Gasteiger partial charge in [0.15, 0.2) is 9.84 Å². The molecule has 0 unspecified atom stereocenters. The summed E-state index contributed by atoms with van der Waals surface area (Å²) < 4.78 is 29.8. The van der Waals surface area contributed by atoms with Gasteiger partial charge in [-0.2, -0.15) is 0 Å². The van der Waals surface area contributed by atoms with Crippen molar-refractivity contribution < 1.29 is 22.7 Å². The molecule has 2 aromatic rings. The van der Waals surface area contributed by atoms with E-state index in [9.17, 15) is 18.0 Å². The van der Waals surface area contributed by atoms with Crippen LogP contribution < -0.4 is 5.32 Å². The molecule has 0 radical (unpaired) electrons. The molecule has 0 atom stereocenters. The van der Waals surface area contributed by atoms with Gasteiger partial charge in [-0.15, -0.1) is 0 Å². The first kappa shape index (κ1) is 20.6. The van der Waals surface area contributed by atoms with E-state index in [1.807, 2.05) is 6.07 Å². The van der Waals surface area contributed by atoms with Gasteiger partial charge in [0.05, 0.1) is 17.1 Å². The topological polar surface area (TPSA) is 89.5 Å². The number of amides is 1. The molecule has 0 aromatic heterocycles. The molecule has 0 saturated heterocycles. The second kappa shape index (κ2) is 8.35. The lowest BCUT2D eigenvalue weighted by Gasteiger charge is -2.19. The minimum atomic E-state index is -3.62. The van der Waals surface area contributed by atoms with E-state index >= 15 is 0 Å². The lowest BCUT2D eigenvalue weighted by molar-refractivity contribution is -0.154. The predicted octanol–water partition coefficient (Wildman–Crippen LogP) is 3.44. The second-order valence-electron chi connectivity index (χ2n) is 7.00. The Hall–Kier alpha value is -2.67. The van der Waals surface area contributed by atoms with Crippen LogP contribution in [0.2, 0.25) is 0 Å². The van der Waals surface area contributed by atoms with Crippen molar-refractivity contribution in [2.75, 3.05) is 11.1 Å². The van der Waals surface area contributed by atoms with Crippen molar-refractivity contribution in [2.24, 2.45) is 0 Å². The molecule has 0 aliphatic rings. The third-order valence-corrected chi connectivity index (χ3v) is 5.23. The summed E-state index contributed by atoms with van der Waals surface area (Å²) >= 11 is 0. The molecule has 0 fully saturated rings. The molecule has 144 valence electrons. The fraction of sp³-hybridized carbons (Fsp3) is 0.300. The lowest BCUT2D eigenvalue weighted by atomic mass is 10.2. The molecule has 1 N–H and O–H groups in total. The molecule has 7 heteroatoms. The highest BCUT2D eigenvalue weighted by Gasteiger charge is 2.21. The number of esters is 1. The number of ether oxygens (including phenoxy) is 1. The van der Waals surface area contributed by atoms with Gasteiger partial charge in [-0.05, 0) is 57.2 Å². The van der Waals surface area contributed by atoms with Crippen molar-refractivity contribution in [3.63, 3.8) is 0 Å². The van der Waals surface area contributed by atoms with Crippen LogP contribution in [-0.2, 0) is 19.4 Å². The van der Waals surface area contributed by atoms with Crippen LogP contribution in [0.1, 0.15) is 37.6 Å². The summed E-state index contributed by atoms with van der Waals surface area (Å²) in [4.78, 5) is 23.9. The smallest absolute Gasteiger partial charge is 0.307 e. The van der Waals surface area contributed by atoms with Crippen molar-refractivity contribution in [3.05, 3.63) is 60.2 Å². The van der Waals surface area contributed by atoms with Gasteiger partial charge in [0.2, 0.25) is 0 Å². The fourth-order valence-electron chi connectivity index (χ4n) is 2.27. The minimum Gasteiger partial charge on any atom is -0.460 e. The number of sulfone groups is 1. The monoisotopic (exact) mass is 389 g/mol. The third kappa shape index (κ3) is 6.53. The first-order chi connectivity index (χ1) is 12.6. The summed E-state index contributed by atoms with van der Waals surface area (Å²) in [5.41, 5.74) is 0.334. The van der Waals surface area contributed by atoms with E-state index in [-0.39, 0.29) is 23.0 Å². The molecule has 0 bridgehead atoms. The van der Waals surface area contributed by atoms with Gasteiger partial charge in [0.25, 0.3) is 5.91 Å². The molecule has 0 saturated carbocycles. The van der Waals surface area contributed by atoms with Crippen LogP contribution in [0.15, 0.2) is 59.5 Å². The highest BCUT2D eigenvalue weighted by molar-refractivity contribution is 7.91. The minimum absolute atomic E-state index is 0.0868. The SMILES string of the molecule is CC(C)(C)OC(=O)CCS(=O)(=O)c1ccc(NC(=O)c2ccccc2)cc1. The Labute approximate surface area is 159 Å². The maximum absolute atomic E-state index is 12.4. The molecule has 0 heterocycles. The van der Waals surface area contributed by atoms with Gasteiger partial charge >= 0.3 is 5.97 Å². The van der Waals surface area contributed by atoms with Crippen molar-refractivity contribution >= 4 is 27.4 Å². The Balaban J connectivity index is 1.99. The zero-order valence-electron chi connectivity index (χ0n) is 15.6. The number of carbonyl (C=O) groups excluding carboxylic acids is 2. The predicted molar refractivity (Wildman–Crippen MR) is 103 cm³/mol. The summed E-state index contributed by atoms with van der Waals surface area (Å²) in [6.45, 7) is 5.17. The average molecular weight is 389 g/mol. The van der Waals surface area contributed by atoms with E-state index in [0.717, 1.165) is 0 Å². The molecule has 0 aliphatic carbocycles. The average Bonchev–Trinajstić information content (AvgIpc) is 2.60. The fourth-order valence-corrected chi connectivity index (χ4v) is 3.49. The maximum atomic E-state index is 12.4. The summed E-state index contributed by atoms with van der Waals surface area (Å²) in [6.07, 6.45) is -0.216. The molecule has 1 amide bonds. The molecule has 6 nitrogen and oxygen atoms in total. The van der Waals surface area contributed by atoms with Gasteiger partial charge in [0.1, 0.15) is 5.60 Å². The van der Waals surface area contributed by atoms with Crippen LogP contribution in [0.4, 0.5) is 5.69 Å². The number of anilines is 1. The first-order valence-electron chi connectivity index (χ1n) is 8.48. The van der Waals surface area contributed by atoms with Crippen molar-refractivity contribution in [1.29, 1.82) is 0 Å². The van der Waals surface area contributed by atoms with E-state index in [1.165, 1.54) is 24.3 Å². The van der Waals surface area contributed by atoms with Crippen LogP contribution >= 0.6 is 0 Å². The summed E-state index contributed by atoms with van der Waals surface area (Å²) in [6, 6.07) is 14.5. The second-order valence-corrected chi connectivity index (χ2v) is 9.11. The Kier molecular flexibility index (Phi) is 6.38.